The number of benzene rings is 2. The molecule has 1 aromatic heterocycles. The van der Waals surface area contributed by atoms with Gasteiger partial charge < -0.3 is 5.32 Å². The Morgan fingerprint density at radius 2 is 1.78 bits per heavy atom. The van der Waals surface area contributed by atoms with Crippen molar-refractivity contribution < 1.29 is 4.79 Å². The lowest BCUT2D eigenvalue weighted by molar-refractivity contribution is -0.121. The molecule has 7 heteroatoms. The monoisotopic (exact) mass is 491 g/mol. The van der Waals surface area contributed by atoms with Gasteiger partial charge in [0.2, 0.25) is 5.91 Å². The van der Waals surface area contributed by atoms with Gasteiger partial charge in [-0.3, -0.25) is 14.2 Å². The molecule has 0 spiro atoms. The zero-order valence-corrected chi connectivity index (χ0v) is 18.2. The molecule has 2 aromatic carbocycles. The predicted molar refractivity (Wildman–Crippen MR) is 114 cm³/mol. The zero-order valence-electron chi connectivity index (χ0n) is 15.0. The van der Waals surface area contributed by atoms with Crippen LogP contribution in [-0.4, -0.2) is 22.0 Å². The maximum atomic E-state index is 12.6. The average Bonchev–Trinajstić information content (AvgIpc) is 2.63. The van der Waals surface area contributed by atoms with Crippen LogP contribution in [0.1, 0.15) is 19.4 Å². The third-order valence-corrected chi connectivity index (χ3v) is 5.48. The van der Waals surface area contributed by atoms with Crippen molar-refractivity contribution in [3.05, 3.63) is 73.7 Å². The van der Waals surface area contributed by atoms with E-state index in [0.29, 0.717) is 17.4 Å². The molecule has 0 unspecified atom stereocenters. The Morgan fingerprint density at radius 1 is 1.11 bits per heavy atom. The van der Waals surface area contributed by atoms with Gasteiger partial charge >= 0.3 is 0 Å². The lowest BCUT2D eigenvalue weighted by Crippen LogP contribution is -2.39. The average molecular weight is 493 g/mol. The van der Waals surface area contributed by atoms with E-state index in [1.807, 2.05) is 30.3 Å². The van der Waals surface area contributed by atoms with Crippen molar-refractivity contribution in [2.75, 3.05) is 6.54 Å². The van der Waals surface area contributed by atoms with Gasteiger partial charge in [-0.15, -0.1) is 0 Å². The molecule has 0 aliphatic carbocycles. The van der Waals surface area contributed by atoms with Gasteiger partial charge in [-0.2, -0.15) is 0 Å². The Balaban J connectivity index is 1.71. The van der Waals surface area contributed by atoms with Gasteiger partial charge in [0.25, 0.3) is 5.56 Å². The van der Waals surface area contributed by atoms with E-state index >= 15 is 0 Å². The number of nitrogens with zero attached hydrogens (tertiary/aromatic N) is 2. The standard InChI is InChI=1S/C20H19Br2N3O2/c1-20(2,13-3-5-14(21)6-4-13)11-23-18(26)10-25-12-24-17-8-7-15(22)9-16(17)19(25)27/h3-9,12H,10-11H2,1-2H3,(H,23,26). The van der Waals surface area contributed by atoms with Crippen LogP contribution in [0.4, 0.5) is 0 Å². The van der Waals surface area contributed by atoms with E-state index < -0.39 is 0 Å². The second-order valence-electron chi connectivity index (χ2n) is 7.01. The van der Waals surface area contributed by atoms with E-state index in [0.717, 1.165) is 14.5 Å². The van der Waals surface area contributed by atoms with Crippen molar-refractivity contribution >= 4 is 48.7 Å². The van der Waals surface area contributed by atoms with Crippen LogP contribution in [0.25, 0.3) is 10.9 Å². The molecule has 3 rings (SSSR count). The summed E-state index contributed by atoms with van der Waals surface area (Å²) in [6.07, 6.45) is 1.41. The Labute approximate surface area is 174 Å². The van der Waals surface area contributed by atoms with Crippen molar-refractivity contribution in [1.29, 1.82) is 0 Å². The molecule has 140 valence electrons. The fraction of sp³-hybridized carbons (Fsp3) is 0.250. The number of halogens is 2. The zero-order chi connectivity index (χ0) is 19.6. The topological polar surface area (TPSA) is 64.0 Å². The maximum Gasteiger partial charge on any atom is 0.261 e. The first-order chi connectivity index (χ1) is 12.8. The number of carbonyl (C=O) groups is 1. The normalized spacial score (nSPS) is 11.6. The Morgan fingerprint density at radius 3 is 2.48 bits per heavy atom. The number of nitrogens with one attached hydrogen (secondary N) is 1. The lowest BCUT2D eigenvalue weighted by Gasteiger charge is -2.26. The lowest BCUT2D eigenvalue weighted by atomic mass is 9.84. The minimum absolute atomic E-state index is 0.0648. The van der Waals surface area contributed by atoms with Crippen molar-refractivity contribution in [3.8, 4) is 0 Å². The van der Waals surface area contributed by atoms with Gasteiger partial charge in [-0.25, -0.2) is 4.98 Å². The highest BCUT2D eigenvalue weighted by Gasteiger charge is 2.21. The van der Waals surface area contributed by atoms with Crippen LogP contribution in [0.5, 0.6) is 0 Å². The van der Waals surface area contributed by atoms with Gasteiger partial charge in [-0.1, -0.05) is 57.8 Å². The summed E-state index contributed by atoms with van der Waals surface area (Å²) in [6, 6.07) is 13.4. The van der Waals surface area contributed by atoms with Crippen molar-refractivity contribution in [3.63, 3.8) is 0 Å². The van der Waals surface area contributed by atoms with E-state index in [-0.39, 0.29) is 23.4 Å². The molecule has 1 heterocycles. The predicted octanol–water partition coefficient (Wildman–Crippen LogP) is 4.02. The number of aromatic nitrogens is 2. The van der Waals surface area contributed by atoms with Gasteiger partial charge in [0.15, 0.2) is 0 Å². The minimum Gasteiger partial charge on any atom is -0.354 e. The quantitative estimate of drug-likeness (QED) is 0.585. The Kier molecular flexibility index (Phi) is 5.81. The van der Waals surface area contributed by atoms with E-state index in [1.165, 1.54) is 10.9 Å². The summed E-state index contributed by atoms with van der Waals surface area (Å²) in [5, 5.41) is 3.41. The highest BCUT2D eigenvalue weighted by Crippen LogP contribution is 2.24. The summed E-state index contributed by atoms with van der Waals surface area (Å²) < 4.78 is 3.14. The van der Waals surface area contributed by atoms with E-state index in [9.17, 15) is 9.59 Å². The van der Waals surface area contributed by atoms with E-state index in [2.05, 4.69) is 56.0 Å². The van der Waals surface area contributed by atoms with E-state index in [4.69, 9.17) is 0 Å². The third-order valence-electron chi connectivity index (χ3n) is 4.45. The number of fused-ring (bicyclic) bond motifs is 1. The molecule has 0 bridgehead atoms. The molecule has 0 radical (unpaired) electrons. The molecule has 0 aliphatic rings. The SMILES string of the molecule is CC(C)(CNC(=O)Cn1cnc2ccc(Br)cc2c1=O)c1ccc(Br)cc1. The molecule has 1 N–H and O–H groups in total. The van der Waals surface area contributed by atoms with Crippen LogP contribution in [0.3, 0.4) is 0 Å². The third kappa shape index (κ3) is 4.65. The van der Waals surface area contributed by atoms with Crippen molar-refractivity contribution in [2.45, 2.75) is 25.8 Å². The summed E-state index contributed by atoms with van der Waals surface area (Å²) in [7, 11) is 0. The van der Waals surface area contributed by atoms with Crippen molar-refractivity contribution in [1.82, 2.24) is 14.9 Å². The van der Waals surface area contributed by atoms with Gasteiger partial charge in [0, 0.05) is 20.9 Å². The van der Waals surface area contributed by atoms with Crippen LogP contribution >= 0.6 is 31.9 Å². The number of hydrogen-bond acceptors (Lipinski definition) is 3. The first-order valence-electron chi connectivity index (χ1n) is 8.44. The molecular weight excluding hydrogens is 474 g/mol. The van der Waals surface area contributed by atoms with Crippen LogP contribution in [-0.2, 0) is 16.8 Å². The van der Waals surface area contributed by atoms with Gasteiger partial charge in [0.05, 0.1) is 17.2 Å². The highest BCUT2D eigenvalue weighted by molar-refractivity contribution is 9.10. The molecule has 5 nitrogen and oxygen atoms in total. The fourth-order valence-electron chi connectivity index (χ4n) is 2.78. The molecule has 27 heavy (non-hydrogen) atoms. The maximum absolute atomic E-state index is 12.6. The summed E-state index contributed by atoms with van der Waals surface area (Å²) in [5.41, 5.74) is 1.27. The number of hydrogen-bond donors (Lipinski definition) is 1. The Hall–Kier alpha value is -1.99. The van der Waals surface area contributed by atoms with E-state index in [1.54, 1.807) is 12.1 Å². The number of carbonyl (C=O) groups excluding carboxylic acids is 1. The number of amides is 1. The second-order valence-corrected chi connectivity index (χ2v) is 8.84. The van der Waals surface area contributed by atoms with Gasteiger partial charge in [0.1, 0.15) is 6.54 Å². The highest BCUT2D eigenvalue weighted by atomic mass is 79.9. The first-order valence-corrected chi connectivity index (χ1v) is 10.0. The molecular formula is C20H19Br2N3O2. The molecule has 0 fully saturated rings. The molecule has 3 aromatic rings. The molecule has 0 atom stereocenters. The molecule has 0 aliphatic heterocycles. The van der Waals surface area contributed by atoms with Gasteiger partial charge in [-0.05, 0) is 35.9 Å². The first kappa shape index (κ1) is 19.8. The summed E-state index contributed by atoms with van der Waals surface area (Å²) in [4.78, 5) is 29.2. The summed E-state index contributed by atoms with van der Waals surface area (Å²) >= 11 is 6.79. The summed E-state index contributed by atoms with van der Waals surface area (Å²) in [5.74, 6) is -0.224. The Bertz CT molecular complexity index is 1040. The van der Waals surface area contributed by atoms with Crippen molar-refractivity contribution in [2.24, 2.45) is 0 Å². The molecule has 0 saturated carbocycles. The fourth-order valence-corrected chi connectivity index (χ4v) is 3.40. The smallest absolute Gasteiger partial charge is 0.261 e. The summed E-state index contributed by atoms with van der Waals surface area (Å²) in [6.45, 7) is 4.54. The van der Waals surface area contributed by atoms with Crippen LogP contribution in [0, 0.1) is 0 Å². The molecule has 0 saturated heterocycles. The minimum atomic E-state index is -0.233. The number of rotatable bonds is 5. The second kappa shape index (κ2) is 7.94. The van der Waals surface area contributed by atoms with Crippen LogP contribution < -0.4 is 10.9 Å². The largest absolute Gasteiger partial charge is 0.354 e. The van der Waals surface area contributed by atoms with Crippen LogP contribution in [0.2, 0.25) is 0 Å². The molecule has 1 amide bonds. The van der Waals surface area contributed by atoms with Crippen LogP contribution in [0.15, 0.2) is 62.5 Å².